The molecule has 0 saturated carbocycles. The van der Waals surface area contributed by atoms with E-state index in [1.54, 1.807) is 41.3 Å². The topological polar surface area (TPSA) is 96.8 Å². The molecule has 1 atom stereocenters. The number of halogens is 2. The van der Waals surface area contributed by atoms with Crippen molar-refractivity contribution in [3.8, 4) is 11.5 Å². The van der Waals surface area contributed by atoms with Crippen LogP contribution in [-0.4, -0.2) is 51.7 Å². The number of anilines is 2. The maximum atomic E-state index is 13.9. The lowest BCUT2D eigenvalue weighted by atomic mass is 10.0. The second kappa shape index (κ2) is 12.3. The Morgan fingerprint density at radius 3 is 2.77 bits per heavy atom. The van der Waals surface area contributed by atoms with Gasteiger partial charge < -0.3 is 24.8 Å². The standard InChI is InChI=1S/C29H28ClFN4O4/c30-22-14-20(11-12-25(22)38-16-19-6-1-2-8-23(19)31)34-29-28-24(32-18-33-29)9-5-10-26(28)39-17-21-7-3-4-13-35(21)27(37)15-36/h1-2,5-6,8-12,14,18,21,36H,3-4,7,13,15-17H2,(H,32,33,34)/t21-/m1/s1. The van der Waals surface area contributed by atoms with Crippen molar-refractivity contribution in [2.75, 3.05) is 25.1 Å². The van der Waals surface area contributed by atoms with Crippen LogP contribution in [0.3, 0.4) is 0 Å². The molecule has 3 aromatic carbocycles. The van der Waals surface area contributed by atoms with Crippen LogP contribution in [0.2, 0.25) is 5.02 Å². The molecule has 8 nitrogen and oxygen atoms in total. The highest BCUT2D eigenvalue weighted by Crippen LogP contribution is 2.34. The number of hydrogen-bond donors (Lipinski definition) is 2. The molecule has 1 aliphatic heterocycles. The summed E-state index contributed by atoms with van der Waals surface area (Å²) in [5.74, 6) is 0.908. The highest BCUT2D eigenvalue weighted by atomic mass is 35.5. The summed E-state index contributed by atoms with van der Waals surface area (Å²) in [6.07, 6.45) is 4.18. The van der Waals surface area contributed by atoms with Gasteiger partial charge in [0.1, 0.15) is 49.3 Å². The van der Waals surface area contributed by atoms with Gasteiger partial charge in [-0.1, -0.05) is 35.9 Å². The Labute approximate surface area is 230 Å². The summed E-state index contributed by atoms with van der Waals surface area (Å²) >= 11 is 6.47. The zero-order chi connectivity index (χ0) is 27.2. The van der Waals surface area contributed by atoms with Crippen LogP contribution in [0.1, 0.15) is 24.8 Å². The number of aromatic nitrogens is 2. The Balaban J connectivity index is 1.33. The van der Waals surface area contributed by atoms with Crippen LogP contribution in [0.4, 0.5) is 15.9 Å². The van der Waals surface area contributed by atoms with E-state index in [1.165, 1.54) is 12.4 Å². The minimum atomic E-state index is -0.512. The van der Waals surface area contributed by atoms with Crippen molar-refractivity contribution in [1.29, 1.82) is 0 Å². The second-order valence-corrected chi connectivity index (χ2v) is 9.64. The molecule has 202 valence electrons. The number of carbonyl (C=O) groups is 1. The minimum absolute atomic E-state index is 0.0543. The van der Waals surface area contributed by atoms with Crippen LogP contribution >= 0.6 is 11.6 Å². The van der Waals surface area contributed by atoms with E-state index in [1.807, 2.05) is 18.2 Å². The van der Waals surface area contributed by atoms with Crippen molar-refractivity contribution in [2.45, 2.75) is 31.9 Å². The van der Waals surface area contributed by atoms with Crippen LogP contribution in [0.15, 0.2) is 67.0 Å². The van der Waals surface area contributed by atoms with Crippen molar-refractivity contribution in [3.63, 3.8) is 0 Å². The molecule has 1 aliphatic rings. The number of piperidine rings is 1. The van der Waals surface area contributed by atoms with Gasteiger partial charge in [0.2, 0.25) is 5.91 Å². The molecule has 1 amide bonds. The third kappa shape index (κ3) is 6.21. The monoisotopic (exact) mass is 550 g/mol. The van der Waals surface area contributed by atoms with Crippen LogP contribution in [0, 0.1) is 5.82 Å². The first kappa shape index (κ1) is 26.6. The largest absolute Gasteiger partial charge is 0.491 e. The zero-order valence-corrected chi connectivity index (χ0v) is 21.9. The number of aliphatic hydroxyl groups excluding tert-OH is 1. The molecule has 2 N–H and O–H groups in total. The number of nitrogens with one attached hydrogen (secondary N) is 1. The quantitative estimate of drug-likeness (QED) is 0.284. The third-order valence-electron chi connectivity index (χ3n) is 6.67. The number of likely N-dealkylation sites (tertiary alicyclic amines) is 1. The maximum Gasteiger partial charge on any atom is 0.248 e. The Morgan fingerprint density at radius 1 is 1.08 bits per heavy atom. The van der Waals surface area contributed by atoms with E-state index in [-0.39, 0.29) is 24.4 Å². The number of nitrogens with zero attached hydrogens (tertiary/aromatic N) is 3. The lowest BCUT2D eigenvalue weighted by Gasteiger charge is -2.35. The number of fused-ring (bicyclic) bond motifs is 1. The summed E-state index contributed by atoms with van der Waals surface area (Å²) in [7, 11) is 0. The molecule has 0 radical (unpaired) electrons. The normalized spacial score (nSPS) is 15.3. The van der Waals surface area contributed by atoms with E-state index in [0.29, 0.717) is 57.6 Å². The van der Waals surface area contributed by atoms with Crippen molar-refractivity contribution in [2.24, 2.45) is 0 Å². The molecule has 10 heteroatoms. The second-order valence-electron chi connectivity index (χ2n) is 9.23. The SMILES string of the molecule is O=C(CO)N1CCCC[C@@H]1COc1cccc2ncnc(Nc3ccc(OCc4ccccc4F)c(Cl)c3)c12. The zero-order valence-electron chi connectivity index (χ0n) is 21.1. The molecule has 0 aliphatic carbocycles. The summed E-state index contributed by atoms with van der Waals surface area (Å²) < 4.78 is 25.9. The van der Waals surface area contributed by atoms with E-state index in [4.69, 9.17) is 21.1 Å². The Bertz CT molecular complexity index is 1470. The number of aliphatic hydroxyl groups is 1. The number of hydrogen-bond acceptors (Lipinski definition) is 7. The highest BCUT2D eigenvalue weighted by molar-refractivity contribution is 6.32. The van der Waals surface area contributed by atoms with Gasteiger partial charge >= 0.3 is 0 Å². The first-order chi connectivity index (χ1) is 19.0. The van der Waals surface area contributed by atoms with Crippen LogP contribution in [-0.2, 0) is 11.4 Å². The van der Waals surface area contributed by atoms with E-state index in [2.05, 4.69) is 15.3 Å². The van der Waals surface area contributed by atoms with Gasteiger partial charge in [-0.3, -0.25) is 4.79 Å². The van der Waals surface area contributed by atoms with E-state index in [0.717, 1.165) is 19.3 Å². The van der Waals surface area contributed by atoms with Gasteiger partial charge in [-0.2, -0.15) is 0 Å². The highest BCUT2D eigenvalue weighted by Gasteiger charge is 2.27. The maximum absolute atomic E-state index is 13.9. The van der Waals surface area contributed by atoms with E-state index >= 15 is 0 Å². The number of ether oxygens (including phenoxy) is 2. The van der Waals surface area contributed by atoms with E-state index in [9.17, 15) is 14.3 Å². The fraction of sp³-hybridized carbons (Fsp3) is 0.276. The summed E-state index contributed by atoms with van der Waals surface area (Å²) in [6, 6.07) is 17.1. The van der Waals surface area contributed by atoms with Gasteiger partial charge in [0, 0.05) is 17.8 Å². The van der Waals surface area contributed by atoms with Gasteiger partial charge in [0.05, 0.1) is 22.0 Å². The number of benzene rings is 3. The Morgan fingerprint density at radius 2 is 1.95 bits per heavy atom. The third-order valence-corrected chi connectivity index (χ3v) is 6.97. The molecule has 39 heavy (non-hydrogen) atoms. The number of rotatable bonds is 9. The lowest BCUT2D eigenvalue weighted by Crippen LogP contribution is -2.47. The number of carbonyl (C=O) groups excluding carboxylic acids is 1. The molecule has 0 bridgehead atoms. The molecule has 1 saturated heterocycles. The van der Waals surface area contributed by atoms with Crippen molar-refractivity contribution >= 4 is 39.9 Å². The first-order valence-corrected chi connectivity index (χ1v) is 13.1. The fourth-order valence-corrected chi connectivity index (χ4v) is 4.91. The van der Waals surface area contributed by atoms with Crippen LogP contribution < -0.4 is 14.8 Å². The van der Waals surface area contributed by atoms with Gasteiger partial charge in [-0.05, 0) is 55.7 Å². The first-order valence-electron chi connectivity index (χ1n) is 12.7. The average Bonchev–Trinajstić information content (AvgIpc) is 2.96. The Kier molecular flexibility index (Phi) is 8.39. The van der Waals surface area contributed by atoms with Gasteiger partial charge in [0.15, 0.2) is 0 Å². The minimum Gasteiger partial charge on any atom is -0.491 e. The van der Waals surface area contributed by atoms with Crippen LogP contribution in [0.5, 0.6) is 11.5 Å². The molecule has 0 unspecified atom stereocenters. The summed E-state index contributed by atoms with van der Waals surface area (Å²) in [6.45, 7) is 0.444. The van der Waals surface area contributed by atoms with Crippen LogP contribution in [0.25, 0.3) is 10.9 Å². The van der Waals surface area contributed by atoms with Gasteiger partial charge in [-0.15, -0.1) is 0 Å². The van der Waals surface area contributed by atoms with E-state index < -0.39 is 6.61 Å². The van der Waals surface area contributed by atoms with Crippen molar-refractivity contribution in [1.82, 2.24) is 14.9 Å². The van der Waals surface area contributed by atoms with Crippen molar-refractivity contribution in [3.05, 3.63) is 83.4 Å². The van der Waals surface area contributed by atoms with Crippen molar-refractivity contribution < 1.29 is 23.8 Å². The molecule has 0 spiro atoms. The molecular formula is C29H28ClFN4O4. The summed E-state index contributed by atoms with van der Waals surface area (Å²) in [5.41, 5.74) is 1.79. The summed E-state index contributed by atoms with van der Waals surface area (Å²) in [4.78, 5) is 22.7. The molecule has 5 rings (SSSR count). The molecule has 1 aromatic heterocycles. The lowest BCUT2D eigenvalue weighted by molar-refractivity contribution is -0.138. The molecular weight excluding hydrogens is 523 g/mol. The Hall–Kier alpha value is -3.95. The smallest absolute Gasteiger partial charge is 0.248 e. The summed E-state index contributed by atoms with van der Waals surface area (Å²) in [5, 5.41) is 13.7. The predicted molar refractivity (Wildman–Crippen MR) is 147 cm³/mol. The van der Waals surface area contributed by atoms with Gasteiger partial charge in [0.25, 0.3) is 0 Å². The fourth-order valence-electron chi connectivity index (χ4n) is 4.68. The molecule has 2 heterocycles. The predicted octanol–water partition coefficient (Wildman–Crippen LogP) is 5.50. The average molecular weight is 551 g/mol. The number of amides is 1. The molecule has 1 fully saturated rings. The van der Waals surface area contributed by atoms with Gasteiger partial charge in [-0.25, -0.2) is 14.4 Å². The molecule has 4 aromatic rings.